The van der Waals surface area contributed by atoms with Crippen LogP contribution in [0.2, 0.25) is 0 Å². The molecule has 4 heteroatoms. The summed E-state index contributed by atoms with van der Waals surface area (Å²) in [4.78, 5) is 14.4. The van der Waals surface area contributed by atoms with Crippen molar-refractivity contribution in [2.45, 2.75) is 76.5 Å². The van der Waals surface area contributed by atoms with Crippen LogP contribution in [0.25, 0.3) is 0 Å². The minimum absolute atomic E-state index is 0.176. The molecule has 1 aliphatic heterocycles. The van der Waals surface area contributed by atoms with Crippen molar-refractivity contribution in [3.63, 3.8) is 0 Å². The van der Waals surface area contributed by atoms with Gasteiger partial charge in [0.2, 0.25) is 0 Å². The number of ether oxygens (including phenoxy) is 1. The van der Waals surface area contributed by atoms with Gasteiger partial charge >= 0.3 is 0 Å². The van der Waals surface area contributed by atoms with Gasteiger partial charge in [0.05, 0.1) is 0 Å². The van der Waals surface area contributed by atoms with Crippen molar-refractivity contribution in [2.24, 2.45) is 0 Å². The molecule has 0 aromatic rings. The molecule has 0 aromatic carbocycles. The molecule has 2 fully saturated rings. The molecule has 2 aliphatic rings. The van der Waals surface area contributed by atoms with Crippen LogP contribution >= 0.6 is 0 Å². The SMILES string of the molecule is CCCNC1CCC(N(C)C(=O)C2CCCCO2)CC1. The number of carbonyl (C=O) groups excluding carboxylic acids is 1. The van der Waals surface area contributed by atoms with Gasteiger partial charge in [-0.3, -0.25) is 4.79 Å². The summed E-state index contributed by atoms with van der Waals surface area (Å²) in [5, 5.41) is 3.60. The Morgan fingerprint density at radius 1 is 1.20 bits per heavy atom. The molecule has 0 spiro atoms. The molecule has 0 bridgehead atoms. The second kappa shape index (κ2) is 7.99. The van der Waals surface area contributed by atoms with Gasteiger partial charge in [-0.15, -0.1) is 0 Å². The molecule has 2 rings (SSSR count). The summed E-state index contributed by atoms with van der Waals surface area (Å²) in [6, 6.07) is 1.06. The molecular formula is C16H30N2O2. The van der Waals surface area contributed by atoms with E-state index in [0.29, 0.717) is 12.1 Å². The normalized spacial score (nSPS) is 31.0. The van der Waals surface area contributed by atoms with Gasteiger partial charge in [-0.2, -0.15) is 0 Å². The lowest BCUT2D eigenvalue weighted by Gasteiger charge is -2.37. The number of hydrogen-bond acceptors (Lipinski definition) is 3. The van der Waals surface area contributed by atoms with Crippen LogP contribution in [0, 0.1) is 0 Å². The molecular weight excluding hydrogens is 252 g/mol. The maximum atomic E-state index is 12.4. The minimum Gasteiger partial charge on any atom is -0.368 e. The molecule has 1 aliphatic carbocycles. The fourth-order valence-corrected chi connectivity index (χ4v) is 3.36. The zero-order valence-corrected chi connectivity index (χ0v) is 13.1. The van der Waals surface area contributed by atoms with Gasteiger partial charge in [-0.05, 0) is 57.9 Å². The topological polar surface area (TPSA) is 41.6 Å². The third-order valence-corrected chi connectivity index (χ3v) is 4.73. The lowest BCUT2D eigenvalue weighted by Crippen LogP contribution is -2.47. The third-order valence-electron chi connectivity index (χ3n) is 4.73. The summed E-state index contributed by atoms with van der Waals surface area (Å²) in [6.45, 7) is 4.06. The number of carbonyl (C=O) groups is 1. The van der Waals surface area contributed by atoms with Crippen molar-refractivity contribution >= 4 is 5.91 Å². The van der Waals surface area contributed by atoms with Crippen molar-refractivity contribution in [1.82, 2.24) is 10.2 Å². The molecule has 1 saturated carbocycles. The first-order valence-corrected chi connectivity index (χ1v) is 8.34. The number of amides is 1. The number of nitrogens with one attached hydrogen (secondary N) is 1. The molecule has 20 heavy (non-hydrogen) atoms. The van der Waals surface area contributed by atoms with E-state index >= 15 is 0 Å². The summed E-state index contributed by atoms with van der Waals surface area (Å²) in [7, 11) is 1.96. The lowest BCUT2D eigenvalue weighted by molar-refractivity contribution is -0.148. The van der Waals surface area contributed by atoms with Gasteiger partial charge in [0.1, 0.15) is 6.10 Å². The Morgan fingerprint density at radius 3 is 2.55 bits per heavy atom. The summed E-state index contributed by atoms with van der Waals surface area (Å²) >= 11 is 0. The molecule has 1 saturated heterocycles. The van der Waals surface area contributed by atoms with Crippen LogP contribution in [-0.2, 0) is 9.53 Å². The van der Waals surface area contributed by atoms with E-state index in [9.17, 15) is 4.79 Å². The van der Waals surface area contributed by atoms with Crippen molar-refractivity contribution < 1.29 is 9.53 Å². The van der Waals surface area contributed by atoms with Crippen LogP contribution in [0.1, 0.15) is 58.3 Å². The Labute approximate surface area is 123 Å². The Bertz CT molecular complexity index is 295. The molecule has 1 heterocycles. The smallest absolute Gasteiger partial charge is 0.251 e. The highest BCUT2D eigenvalue weighted by molar-refractivity contribution is 5.81. The number of likely N-dealkylation sites (N-methyl/N-ethyl adjacent to an activating group) is 1. The van der Waals surface area contributed by atoms with Crippen LogP contribution < -0.4 is 5.32 Å². The molecule has 0 aromatic heterocycles. The van der Waals surface area contributed by atoms with E-state index in [1.54, 1.807) is 0 Å². The van der Waals surface area contributed by atoms with Crippen molar-refractivity contribution in [3.05, 3.63) is 0 Å². The van der Waals surface area contributed by atoms with Gasteiger partial charge in [-0.25, -0.2) is 0 Å². The molecule has 1 amide bonds. The van der Waals surface area contributed by atoms with Crippen LogP contribution in [0.4, 0.5) is 0 Å². The van der Waals surface area contributed by atoms with Gasteiger partial charge in [-0.1, -0.05) is 6.92 Å². The molecule has 116 valence electrons. The largest absolute Gasteiger partial charge is 0.368 e. The first kappa shape index (κ1) is 15.8. The predicted molar refractivity (Wildman–Crippen MR) is 80.7 cm³/mol. The highest BCUT2D eigenvalue weighted by Crippen LogP contribution is 2.24. The van der Waals surface area contributed by atoms with E-state index in [4.69, 9.17) is 4.74 Å². The summed E-state index contributed by atoms with van der Waals surface area (Å²) in [5.41, 5.74) is 0. The Kier molecular flexibility index (Phi) is 6.30. The highest BCUT2D eigenvalue weighted by Gasteiger charge is 2.31. The monoisotopic (exact) mass is 282 g/mol. The van der Waals surface area contributed by atoms with E-state index in [0.717, 1.165) is 45.3 Å². The van der Waals surface area contributed by atoms with E-state index in [2.05, 4.69) is 12.2 Å². The van der Waals surface area contributed by atoms with Crippen LogP contribution in [0.3, 0.4) is 0 Å². The lowest BCUT2D eigenvalue weighted by atomic mass is 9.90. The van der Waals surface area contributed by atoms with Crippen LogP contribution in [0.5, 0.6) is 0 Å². The zero-order valence-electron chi connectivity index (χ0n) is 13.1. The Hall–Kier alpha value is -0.610. The fraction of sp³-hybridized carbons (Fsp3) is 0.938. The van der Waals surface area contributed by atoms with Crippen molar-refractivity contribution in [1.29, 1.82) is 0 Å². The molecule has 1 unspecified atom stereocenters. The maximum Gasteiger partial charge on any atom is 0.251 e. The standard InChI is InChI=1S/C16H30N2O2/c1-3-11-17-13-7-9-14(10-8-13)18(2)16(19)15-6-4-5-12-20-15/h13-15,17H,3-12H2,1-2H3. The quantitative estimate of drug-likeness (QED) is 0.841. The van der Waals surface area contributed by atoms with E-state index in [1.165, 1.54) is 19.3 Å². The number of nitrogens with zero attached hydrogens (tertiary/aromatic N) is 1. The average Bonchev–Trinajstić information content (AvgIpc) is 2.53. The number of hydrogen-bond donors (Lipinski definition) is 1. The van der Waals surface area contributed by atoms with Gasteiger partial charge < -0.3 is 15.0 Å². The minimum atomic E-state index is -0.176. The van der Waals surface area contributed by atoms with Crippen molar-refractivity contribution in [3.8, 4) is 0 Å². The summed E-state index contributed by atoms with van der Waals surface area (Å²) in [6.07, 6.45) is 8.76. The van der Waals surface area contributed by atoms with Gasteiger partial charge in [0, 0.05) is 25.7 Å². The first-order chi connectivity index (χ1) is 9.72. The van der Waals surface area contributed by atoms with Gasteiger partial charge in [0.25, 0.3) is 5.91 Å². The third kappa shape index (κ3) is 4.19. The second-order valence-electron chi connectivity index (χ2n) is 6.26. The molecule has 1 atom stereocenters. The fourth-order valence-electron chi connectivity index (χ4n) is 3.36. The Morgan fingerprint density at radius 2 is 1.95 bits per heavy atom. The number of rotatable bonds is 5. The molecule has 4 nitrogen and oxygen atoms in total. The van der Waals surface area contributed by atoms with Crippen LogP contribution in [0.15, 0.2) is 0 Å². The average molecular weight is 282 g/mol. The zero-order chi connectivity index (χ0) is 14.4. The van der Waals surface area contributed by atoms with Crippen LogP contribution in [-0.4, -0.2) is 49.2 Å². The Balaban J connectivity index is 1.75. The first-order valence-electron chi connectivity index (χ1n) is 8.34. The molecule has 1 N–H and O–H groups in total. The van der Waals surface area contributed by atoms with E-state index in [-0.39, 0.29) is 12.0 Å². The summed E-state index contributed by atoms with van der Waals surface area (Å²) < 4.78 is 5.62. The maximum absolute atomic E-state index is 12.4. The highest BCUT2D eigenvalue weighted by atomic mass is 16.5. The van der Waals surface area contributed by atoms with E-state index in [1.807, 2.05) is 11.9 Å². The molecule has 0 radical (unpaired) electrons. The van der Waals surface area contributed by atoms with Gasteiger partial charge in [0.15, 0.2) is 0 Å². The van der Waals surface area contributed by atoms with Crippen molar-refractivity contribution in [2.75, 3.05) is 20.2 Å². The van der Waals surface area contributed by atoms with E-state index < -0.39 is 0 Å². The predicted octanol–water partition coefficient (Wildman–Crippen LogP) is 2.32. The second-order valence-corrected chi connectivity index (χ2v) is 6.26. The summed E-state index contributed by atoms with van der Waals surface area (Å²) in [5.74, 6) is 0.203.